The summed E-state index contributed by atoms with van der Waals surface area (Å²) in [5.74, 6) is -0.230. The fourth-order valence-electron chi connectivity index (χ4n) is 3.48. The van der Waals surface area contributed by atoms with Gasteiger partial charge in [0.2, 0.25) is 11.8 Å². The van der Waals surface area contributed by atoms with Crippen molar-refractivity contribution in [3.63, 3.8) is 0 Å². The van der Waals surface area contributed by atoms with Crippen LogP contribution in [0.15, 0.2) is 77.8 Å². The first-order valence-corrected chi connectivity index (χ1v) is 12.2. The van der Waals surface area contributed by atoms with Gasteiger partial charge in [-0.1, -0.05) is 35.5 Å². The largest absolute Gasteiger partial charge is 0.497 e. The van der Waals surface area contributed by atoms with Gasteiger partial charge in [0.15, 0.2) is 5.17 Å². The molecule has 1 unspecified atom stereocenters. The molecule has 6 nitrogen and oxygen atoms in total. The lowest BCUT2D eigenvalue weighted by Crippen LogP contribution is -2.46. The number of hydrogen-bond donors (Lipinski definition) is 1. The lowest BCUT2D eigenvalue weighted by atomic mass is 10.1. The van der Waals surface area contributed by atoms with Crippen molar-refractivity contribution in [2.75, 3.05) is 19.0 Å². The standard InChI is InChI=1S/C26H23ClFN3O3S/c1-34-22-12-10-21(11-13-22)30-26-31(15-14-17-2-4-18(27)5-3-17)24(32)16-23(35-26)25(33)29-20-8-6-19(28)7-9-20/h2-13,23H,14-16H2,1H3,(H,29,33). The van der Waals surface area contributed by atoms with E-state index in [9.17, 15) is 14.0 Å². The molecule has 4 rings (SSSR count). The van der Waals surface area contributed by atoms with E-state index in [2.05, 4.69) is 10.3 Å². The number of rotatable bonds is 7. The minimum atomic E-state index is -0.670. The lowest BCUT2D eigenvalue weighted by Gasteiger charge is -2.32. The van der Waals surface area contributed by atoms with Crippen molar-refractivity contribution in [1.29, 1.82) is 0 Å². The van der Waals surface area contributed by atoms with E-state index in [0.717, 1.165) is 5.56 Å². The number of benzene rings is 3. The second-order valence-electron chi connectivity index (χ2n) is 7.82. The van der Waals surface area contributed by atoms with E-state index in [-0.39, 0.29) is 18.2 Å². The molecular weight excluding hydrogens is 489 g/mol. The highest BCUT2D eigenvalue weighted by Gasteiger charge is 2.35. The number of nitrogens with one attached hydrogen (secondary N) is 1. The molecule has 3 aromatic carbocycles. The number of halogens is 2. The molecule has 0 aliphatic carbocycles. The van der Waals surface area contributed by atoms with Crippen LogP contribution in [0, 0.1) is 5.82 Å². The fraction of sp³-hybridized carbons (Fsp3) is 0.192. The molecule has 0 saturated carbocycles. The van der Waals surface area contributed by atoms with Crippen LogP contribution < -0.4 is 10.1 Å². The maximum atomic E-state index is 13.2. The van der Waals surface area contributed by atoms with Gasteiger partial charge < -0.3 is 10.1 Å². The Morgan fingerprint density at radius 2 is 1.80 bits per heavy atom. The zero-order chi connectivity index (χ0) is 24.8. The quantitative estimate of drug-likeness (QED) is 0.442. The van der Waals surface area contributed by atoms with Crippen LogP contribution in [0.5, 0.6) is 5.75 Å². The maximum absolute atomic E-state index is 13.2. The van der Waals surface area contributed by atoms with Gasteiger partial charge in [-0.15, -0.1) is 0 Å². The Bertz CT molecular complexity index is 1220. The average molecular weight is 512 g/mol. The zero-order valence-electron chi connectivity index (χ0n) is 18.9. The molecule has 180 valence electrons. The summed E-state index contributed by atoms with van der Waals surface area (Å²) in [6.45, 7) is 0.411. The summed E-state index contributed by atoms with van der Waals surface area (Å²) in [7, 11) is 1.58. The van der Waals surface area contributed by atoms with Gasteiger partial charge in [-0.3, -0.25) is 14.5 Å². The summed E-state index contributed by atoms with van der Waals surface area (Å²) >= 11 is 7.21. The summed E-state index contributed by atoms with van der Waals surface area (Å²) in [4.78, 5) is 32.4. The molecule has 1 aliphatic heterocycles. The number of nitrogens with zero attached hydrogens (tertiary/aromatic N) is 2. The highest BCUT2D eigenvalue weighted by atomic mass is 35.5. The Kier molecular flexibility index (Phi) is 8.05. The molecule has 1 N–H and O–H groups in total. The van der Waals surface area contributed by atoms with Crippen LogP contribution in [0.1, 0.15) is 12.0 Å². The Hall–Kier alpha value is -3.36. The summed E-state index contributed by atoms with van der Waals surface area (Å²) in [6.07, 6.45) is 0.636. The van der Waals surface area contributed by atoms with E-state index >= 15 is 0 Å². The van der Waals surface area contributed by atoms with E-state index in [4.69, 9.17) is 16.3 Å². The summed E-state index contributed by atoms with van der Waals surface area (Å²) in [5.41, 5.74) is 2.13. The third-order valence-corrected chi connectivity index (χ3v) is 6.82. The molecule has 3 aromatic rings. The number of carbonyl (C=O) groups excluding carboxylic acids is 2. The number of amides is 2. The van der Waals surface area contributed by atoms with Crippen molar-refractivity contribution >= 4 is 51.7 Å². The van der Waals surface area contributed by atoms with Crippen molar-refractivity contribution in [3.8, 4) is 5.75 Å². The Balaban J connectivity index is 1.54. The number of amidine groups is 1. The normalized spacial score (nSPS) is 16.9. The fourth-order valence-corrected chi connectivity index (χ4v) is 4.73. The first kappa shape index (κ1) is 24.8. The number of anilines is 1. The zero-order valence-corrected chi connectivity index (χ0v) is 20.5. The molecule has 2 amide bonds. The number of thioether (sulfide) groups is 1. The van der Waals surface area contributed by atoms with Gasteiger partial charge in [0, 0.05) is 23.7 Å². The van der Waals surface area contributed by atoms with Crippen molar-refractivity contribution in [3.05, 3.63) is 89.2 Å². The Morgan fingerprint density at radius 3 is 2.46 bits per heavy atom. The first-order chi connectivity index (χ1) is 16.9. The second kappa shape index (κ2) is 11.4. The van der Waals surface area contributed by atoms with Crippen LogP contribution in [0.2, 0.25) is 5.02 Å². The summed E-state index contributed by atoms with van der Waals surface area (Å²) in [5, 5.41) is 3.18. The van der Waals surface area contributed by atoms with E-state index < -0.39 is 11.1 Å². The van der Waals surface area contributed by atoms with E-state index in [1.54, 1.807) is 36.3 Å². The van der Waals surface area contributed by atoms with E-state index in [1.807, 2.05) is 24.3 Å². The van der Waals surface area contributed by atoms with E-state index in [1.165, 1.54) is 36.0 Å². The van der Waals surface area contributed by atoms with Gasteiger partial charge in [0.25, 0.3) is 0 Å². The molecule has 1 saturated heterocycles. The minimum Gasteiger partial charge on any atom is -0.497 e. The van der Waals surface area contributed by atoms with Crippen molar-refractivity contribution in [2.45, 2.75) is 18.1 Å². The van der Waals surface area contributed by atoms with Crippen molar-refractivity contribution in [2.24, 2.45) is 4.99 Å². The van der Waals surface area contributed by atoms with Crippen LogP contribution >= 0.6 is 23.4 Å². The summed E-state index contributed by atoms with van der Waals surface area (Å²) in [6, 6.07) is 20.1. The smallest absolute Gasteiger partial charge is 0.238 e. The van der Waals surface area contributed by atoms with Crippen LogP contribution in [0.3, 0.4) is 0 Å². The SMILES string of the molecule is COc1ccc(N=C2SC(C(=O)Nc3ccc(F)cc3)CC(=O)N2CCc2ccc(Cl)cc2)cc1. The van der Waals surface area contributed by atoms with Crippen LogP contribution in [-0.2, 0) is 16.0 Å². The molecule has 1 atom stereocenters. The van der Waals surface area contributed by atoms with Gasteiger partial charge in [-0.25, -0.2) is 9.38 Å². The third kappa shape index (κ3) is 6.61. The minimum absolute atomic E-state index is 0.0277. The van der Waals surface area contributed by atoms with Crippen LogP contribution in [0.4, 0.5) is 15.8 Å². The van der Waals surface area contributed by atoms with Crippen molar-refractivity contribution < 1.29 is 18.7 Å². The average Bonchev–Trinajstić information content (AvgIpc) is 2.86. The van der Waals surface area contributed by atoms with Crippen LogP contribution in [-0.4, -0.2) is 40.8 Å². The topological polar surface area (TPSA) is 71.0 Å². The van der Waals surface area contributed by atoms with E-state index in [0.29, 0.717) is 40.3 Å². The van der Waals surface area contributed by atoms with Gasteiger partial charge in [0.1, 0.15) is 16.8 Å². The predicted molar refractivity (Wildman–Crippen MR) is 138 cm³/mol. The van der Waals surface area contributed by atoms with Gasteiger partial charge in [-0.2, -0.15) is 0 Å². The predicted octanol–water partition coefficient (Wildman–Crippen LogP) is 5.69. The second-order valence-corrected chi connectivity index (χ2v) is 9.43. The first-order valence-electron chi connectivity index (χ1n) is 10.9. The number of hydrogen-bond acceptors (Lipinski definition) is 5. The molecule has 0 aromatic heterocycles. The molecular formula is C26H23ClFN3O3S. The molecule has 1 aliphatic rings. The van der Waals surface area contributed by atoms with Crippen molar-refractivity contribution in [1.82, 2.24) is 4.90 Å². The molecule has 9 heteroatoms. The number of methoxy groups -OCH3 is 1. The summed E-state index contributed by atoms with van der Waals surface area (Å²) < 4.78 is 18.4. The molecule has 0 bridgehead atoms. The Labute approximate surface area is 212 Å². The lowest BCUT2D eigenvalue weighted by molar-refractivity contribution is -0.129. The molecule has 0 radical (unpaired) electrons. The highest BCUT2D eigenvalue weighted by Crippen LogP contribution is 2.31. The van der Waals surface area contributed by atoms with Crippen LogP contribution in [0.25, 0.3) is 0 Å². The molecule has 35 heavy (non-hydrogen) atoms. The monoisotopic (exact) mass is 511 g/mol. The van der Waals surface area contributed by atoms with Gasteiger partial charge >= 0.3 is 0 Å². The third-order valence-electron chi connectivity index (χ3n) is 5.38. The maximum Gasteiger partial charge on any atom is 0.238 e. The molecule has 1 fully saturated rings. The molecule has 1 heterocycles. The number of ether oxygens (including phenoxy) is 1. The van der Waals surface area contributed by atoms with Gasteiger partial charge in [0.05, 0.1) is 12.8 Å². The number of carbonyl (C=O) groups is 2. The Morgan fingerprint density at radius 1 is 1.11 bits per heavy atom. The highest BCUT2D eigenvalue weighted by molar-refractivity contribution is 8.15. The molecule has 0 spiro atoms. The van der Waals surface area contributed by atoms with Gasteiger partial charge in [-0.05, 0) is 72.6 Å². The number of aliphatic imine (C=N–C) groups is 1.